The molecule has 1 aliphatic heterocycles. The SMILES string of the molecule is CN=C(NCc1ccccc1CN1CCOCC1)NCC1CC1. The molecular formula is C18H28N4O. The second kappa shape index (κ2) is 8.31. The average molecular weight is 316 g/mol. The van der Waals surface area contributed by atoms with E-state index in [1.165, 1.54) is 24.0 Å². The van der Waals surface area contributed by atoms with Gasteiger partial charge >= 0.3 is 0 Å². The Hall–Kier alpha value is -1.59. The van der Waals surface area contributed by atoms with Crippen LogP contribution in [0, 0.1) is 5.92 Å². The molecule has 2 fully saturated rings. The lowest BCUT2D eigenvalue weighted by molar-refractivity contribution is 0.0341. The fourth-order valence-corrected chi connectivity index (χ4v) is 2.85. The fourth-order valence-electron chi connectivity index (χ4n) is 2.85. The predicted molar refractivity (Wildman–Crippen MR) is 93.5 cm³/mol. The Kier molecular flexibility index (Phi) is 5.88. The van der Waals surface area contributed by atoms with Crippen LogP contribution in [0.5, 0.6) is 0 Å². The molecule has 1 saturated heterocycles. The third kappa shape index (κ3) is 5.22. The van der Waals surface area contributed by atoms with E-state index in [4.69, 9.17) is 4.74 Å². The number of guanidine groups is 1. The predicted octanol–water partition coefficient (Wildman–Crippen LogP) is 1.59. The molecule has 0 aromatic heterocycles. The summed E-state index contributed by atoms with van der Waals surface area (Å²) in [4.78, 5) is 6.78. The highest BCUT2D eigenvalue weighted by molar-refractivity contribution is 5.79. The summed E-state index contributed by atoms with van der Waals surface area (Å²) in [6, 6.07) is 8.67. The van der Waals surface area contributed by atoms with Gasteiger partial charge in [0.15, 0.2) is 5.96 Å². The zero-order valence-electron chi connectivity index (χ0n) is 14.1. The van der Waals surface area contributed by atoms with Gasteiger partial charge < -0.3 is 15.4 Å². The summed E-state index contributed by atoms with van der Waals surface area (Å²) in [7, 11) is 1.84. The summed E-state index contributed by atoms with van der Waals surface area (Å²) in [6.07, 6.45) is 2.71. The Balaban J connectivity index is 1.53. The van der Waals surface area contributed by atoms with E-state index in [0.717, 1.165) is 57.8 Å². The number of ether oxygens (including phenoxy) is 1. The van der Waals surface area contributed by atoms with Crippen molar-refractivity contribution in [3.8, 4) is 0 Å². The molecule has 0 amide bonds. The molecule has 126 valence electrons. The minimum atomic E-state index is 0.810. The van der Waals surface area contributed by atoms with Gasteiger partial charge in [-0.3, -0.25) is 9.89 Å². The highest BCUT2D eigenvalue weighted by Crippen LogP contribution is 2.27. The summed E-state index contributed by atoms with van der Waals surface area (Å²) in [6.45, 7) is 6.57. The quantitative estimate of drug-likeness (QED) is 0.618. The van der Waals surface area contributed by atoms with Gasteiger partial charge in [0, 0.05) is 39.8 Å². The van der Waals surface area contributed by atoms with Crippen LogP contribution < -0.4 is 10.6 Å². The molecule has 23 heavy (non-hydrogen) atoms. The van der Waals surface area contributed by atoms with Gasteiger partial charge in [0.2, 0.25) is 0 Å². The normalized spacial score (nSPS) is 19.6. The maximum absolute atomic E-state index is 5.43. The summed E-state index contributed by atoms with van der Waals surface area (Å²) < 4.78 is 5.43. The minimum absolute atomic E-state index is 0.810. The molecule has 1 saturated carbocycles. The molecule has 0 radical (unpaired) electrons. The van der Waals surface area contributed by atoms with E-state index in [9.17, 15) is 0 Å². The topological polar surface area (TPSA) is 48.9 Å². The summed E-state index contributed by atoms with van der Waals surface area (Å²) >= 11 is 0. The van der Waals surface area contributed by atoms with Crippen LogP contribution in [0.4, 0.5) is 0 Å². The van der Waals surface area contributed by atoms with Gasteiger partial charge in [-0.15, -0.1) is 0 Å². The van der Waals surface area contributed by atoms with Crippen LogP contribution in [0.25, 0.3) is 0 Å². The standard InChI is InChI=1S/C18H28N4O/c1-19-18(20-12-15-6-7-15)21-13-16-4-2-3-5-17(16)14-22-8-10-23-11-9-22/h2-5,15H,6-14H2,1H3,(H2,19,20,21). The fraction of sp³-hybridized carbons (Fsp3) is 0.611. The van der Waals surface area contributed by atoms with E-state index < -0.39 is 0 Å². The number of hydrogen-bond acceptors (Lipinski definition) is 3. The van der Waals surface area contributed by atoms with E-state index >= 15 is 0 Å². The zero-order chi connectivity index (χ0) is 15.9. The highest BCUT2D eigenvalue weighted by Gasteiger charge is 2.21. The first-order valence-corrected chi connectivity index (χ1v) is 8.66. The Morgan fingerprint density at radius 2 is 1.91 bits per heavy atom. The molecule has 1 aromatic rings. The van der Waals surface area contributed by atoms with Crippen molar-refractivity contribution in [2.45, 2.75) is 25.9 Å². The number of aliphatic imine (C=N–C) groups is 1. The van der Waals surface area contributed by atoms with Crippen molar-refractivity contribution in [2.75, 3.05) is 39.9 Å². The van der Waals surface area contributed by atoms with Gasteiger partial charge in [0.05, 0.1) is 13.2 Å². The first kappa shape index (κ1) is 16.3. The van der Waals surface area contributed by atoms with Gasteiger partial charge in [0.1, 0.15) is 0 Å². The second-order valence-electron chi connectivity index (χ2n) is 6.41. The van der Waals surface area contributed by atoms with Gasteiger partial charge in [0.25, 0.3) is 0 Å². The number of rotatable bonds is 6. The number of hydrogen-bond donors (Lipinski definition) is 2. The first-order valence-electron chi connectivity index (χ1n) is 8.66. The number of nitrogens with one attached hydrogen (secondary N) is 2. The number of nitrogens with zero attached hydrogens (tertiary/aromatic N) is 2. The van der Waals surface area contributed by atoms with Crippen molar-refractivity contribution in [1.82, 2.24) is 15.5 Å². The van der Waals surface area contributed by atoms with E-state index in [0.29, 0.717) is 0 Å². The molecular weight excluding hydrogens is 288 g/mol. The lowest BCUT2D eigenvalue weighted by Gasteiger charge is -2.27. The van der Waals surface area contributed by atoms with Crippen LogP contribution in [0.2, 0.25) is 0 Å². The Labute approximate surface area is 139 Å². The molecule has 2 aliphatic rings. The lowest BCUT2D eigenvalue weighted by atomic mass is 10.1. The molecule has 5 nitrogen and oxygen atoms in total. The van der Waals surface area contributed by atoms with Gasteiger partial charge in [-0.2, -0.15) is 0 Å². The van der Waals surface area contributed by atoms with Gasteiger partial charge in [-0.1, -0.05) is 24.3 Å². The zero-order valence-corrected chi connectivity index (χ0v) is 14.1. The first-order chi connectivity index (χ1) is 11.3. The van der Waals surface area contributed by atoms with E-state index in [1.54, 1.807) is 0 Å². The van der Waals surface area contributed by atoms with Crippen LogP contribution in [0.15, 0.2) is 29.3 Å². The Bertz CT molecular complexity index is 522. The van der Waals surface area contributed by atoms with E-state index in [-0.39, 0.29) is 0 Å². The van der Waals surface area contributed by atoms with E-state index in [1.807, 2.05) is 7.05 Å². The van der Waals surface area contributed by atoms with Crippen molar-refractivity contribution < 1.29 is 4.74 Å². The van der Waals surface area contributed by atoms with Gasteiger partial charge in [-0.05, 0) is 29.9 Å². The molecule has 0 unspecified atom stereocenters. The molecule has 0 atom stereocenters. The monoisotopic (exact) mass is 316 g/mol. The molecule has 1 aliphatic carbocycles. The summed E-state index contributed by atoms with van der Waals surface area (Å²) in [5.74, 6) is 1.75. The number of morpholine rings is 1. The number of benzene rings is 1. The van der Waals surface area contributed by atoms with E-state index in [2.05, 4.69) is 44.8 Å². The smallest absolute Gasteiger partial charge is 0.191 e. The molecule has 0 bridgehead atoms. The highest BCUT2D eigenvalue weighted by atomic mass is 16.5. The molecule has 0 spiro atoms. The molecule has 1 aromatic carbocycles. The molecule has 3 rings (SSSR count). The van der Waals surface area contributed by atoms with Crippen molar-refractivity contribution in [3.63, 3.8) is 0 Å². The van der Waals surface area contributed by atoms with Crippen LogP contribution in [0.3, 0.4) is 0 Å². The Morgan fingerprint density at radius 1 is 1.17 bits per heavy atom. The van der Waals surface area contributed by atoms with Crippen LogP contribution in [-0.2, 0) is 17.8 Å². The van der Waals surface area contributed by atoms with Crippen molar-refractivity contribution in [3.05, 3.63) is 35.4 Å². The van der Waals surface area contributed by atoms with Crippen LogP contribution in [0.1, 0.15) is 24.0 Å². The maximum Gasteiger partial charge on any atom is 0.191 e. The van der Waals surface area contributed by atoms with Crippen molar-refractivity contribution in [1.29, 1.82) is 0 Å². The average Bonchev–Trinajstić information content (AvgIpc) is 3.42. The molecule has 1 heterocycles. The summed E-state index contributed by atoms with van der Waals surface area (Å²) in [5.41, 5.74) is 2.73. The second-order valence-corrected chi connectivity index (χ2v) is 6.41. The van der Waals surface area contributed by atoms with Gasteiger partial charge in [-0.25, -0.2) is 0 Å². The van der Waals surface area contributed by atoms with Crippen molar-refractivity contribution >= 4 is 5.96 Å². The molecule has 5 heteroatoms. The van der Waals surface area contributed by atoms with Crippen LogP contribution in [-0.4, -0.2) is 50.8 Å². The van der Waals surface area contributed by atoms with Crippen LogP contribution >= 0.6 is 0 Å². The minimum Gasteiger partial charge on any atom is -0.379 e. The van der Waals surface area contributed by atoms with Crippen molar-refractivity contribution in [2.24, 2.45) is 10.9 Å². The third-order valence-corrected chi connectivity index (χ3v) is 4.54. The lowest BCUT2D eigenvalue weighted by Crippen LogP contribution is -2.38. The maximum atomic E-state index is 5.43. The summed E-state index contributed by atoms with van der Waals surface area (Å²) in [5, 5.41) is 6.86. The molecule has 2 N–H and O–H groups in total. The third-order valence-electron chi connectivity index (χ3n) is 4.54. The largest absolute Gasteiger partial charge is 0.379 e. The Morgan fingerprint density at radius 3 is 2.61 bits per heavy atom.